The van der Waals surface area contributed by atoms with Crippen LogP contribution in [0.2, 0.25) is 0 Å². The molecule has 54 heavy (non-hydrogen) atoms. The number of carboxylic acid groups (broad SMARTS) is 1. The topological polar surface area (TPSA) is 142 Å². The lowest BCUT2D eigenvalue weighted by Gasteiger charge is -2.33. The number of hydrogen-bond acceptors (Lipinski definition) is 6. The lowest BCUT2D eigenvalue weighted by atomic mass is 10.0. The van der Waals surface area contributed by atoms with Crippen molar-refractivity contribution in [3.63, 3.8) is 0 Å². The van der Waals surface area contributed by atoms with Crippen LogP contribution in [-0.4, -0.2) is 108 Å². The molecule has 12 nitrogen and oxygen atoms in total. The van der Waals surface area contributed by atoms with Crippen molar-refractivity contribution in [1.29, 1.82) is 0 Å². The van der Waals surface area contributed by atoms with Gasteiger partial charge in [-0.2, -0.15) is 0 Å². The highest BCUT2D eigenvalue weighted by Crippen LogP contribution is 2.35. The fraction of sp³-hybridized carbons (Fsp3) is 0.500. The molecule has 3 amide bonds. The number of aromatic amines is 2. The minimum atomic E-state index is -1.11. The minimum Gasteiger partial charge on any atom is -0.465 e. The fourth-order valence-electron chi connectivity index (χ4n) is 8.28. The second-order valence-corrected chi connectivity index (χ2v) is 15.2. The summed E-state index contributed by atoms with van der Waals surface area (Å²) in [6.45, 7) is 13.3. The Balaban J connectivity index is 1.10. The molecular formula is C42H56N8O4. The predicted octanol–water partition coefficient (Wildman–Crippen LogP) is 7.61. The van der Waals surface area contributed by atoms with Gasteiger partial charge in [0.2, 0.25) is 11.8 Å². The quantitative estimate of drug-likeness (QED) is 0.121. The van der Waals surface area contributed by atoms with Gasteiger partial charge in [-0.05, 0) is 86.7 Å². The van der Waals surface area contributed by atoms with E-state index in [0.29, 0.717) is 12.4 Å². The van der Waals surface area contributed by atoms with Crippen molar-refractivity contribution < 1.29 is 19.5 Å². The molecule has 2 aliphatic rings. The zero-order valence-electron chi connectivity index (χ0n) is 32.6. The standard InChI is InChI=1S/C42H56N8O4/c1-7-21-48(22-8-2)28(5)40(51)49-23-9-11-35(49)38-43-25-33(45-38)31-17-13-29(14-18-31)30-15-19-32(20-16-30)34-26-44-39(46-34)36-12-10-24-50(36)41(52)37(27(3)4)47(6)42(53)54/h13-20,25-28,35-37H,7-12,21-24H2,1-6H3,(H,43,45)(H,44,46)(H,53,54)/t28-,35+,36+,37+/m1/s1. The van der Waals surface area contributed by atoms with E-state index in [9.17, 15) is 19.5 Å². The van der Waals surface area contributed by atoms with Crippen molar-refractivity contribution >= 4 is 17.9 Å². The molecule has 2 aliphatic heterocycles. The molecule has 4 aromatic rings. The smallest absolute Gasteiger partial charge is 0.407 e. The number of hydrogen-bond donors (Lipinski definition) is 3. The lowest BCUT2D eigenvalue weighted by molar-refractivity contribution is -0.139. The van der Waals surface area contributed by atoms with Crippen LogP contribution in [0.25, 0.3) is 33.6 Å². The first kappa shape index (κ1) is 38.7. The Bertz CT molecular complexity index is 1880. The molecule has 0 aliphatic carbocycles. The normalized spacial score (nSPS) is 18.4. The summed E-state index contributed by atoms with van der Waals surface area (Å²) in [6.07, 6.45) is 8.11. The van der Waals surface area contributed by atoms with Gasteiger partial charge >= 0.3 is 6.09 Å². The van der Waals surface area contributed by atoms with E-state index in [1.54, 1.807) is 11.1 Å². The first-order valence-corrected chi connectivity index (χ1v) is 19.6. The highest BCUT2D eigenvalue weighted by molar-refractivity contribution is 5.86. The van der Waals surface area contributed by atoms with Gasteiger partial charge in [-0.25, -0.2) is 14.8 Å². The zero-order valence-corrected chi connectivity index (χ0v) is 32.6. The van der Waals surface area contributed by atoms with Crippen LogP contribution in [0.4, 0.5) is 4.79 Å². The van der Waals surface area contributed by atoms with E-state index in [2.05, 4.69) is 82.2 Å². The molecule has 4 atom stereocenters. The molecule has 2 aromatic heterocycles. The average Bonchev–Trinajstić information content (AvgIpc) is 4.01. The van der Waals surface area contributed by atoms with E-state index >= 15 is 0 Å². The van der Waals surface area contributed by atoms with Crippen LogP contribution in [0.3, 0.4) is 0 Å². The Hall–Kier alpha value is -4.97. The van der Waals surface area contributed by atoms with Crippen molar-refractivity contribution in [3.05, 3.63) is 72.6 Å². The number of carbonyl (C=O) groups excluding carboxylic acids is 2. The van der Waals surface area contributed by atoms with Gasteiger partial charge in [-0.1, -0.05) is 76.2 Å². The molecule has 2 fully saturated rings. The summed E-state index contributed by atoms with van der Waals surface area (Å²) in [5.41, 5.74) is 5.99. The van der Waals surface area contributed by atoms with E-state index in [1.807, 2.05) is 31.9 Å². The SMILES string of the molecule is CCCN(CCC)[C@H](C)C(=O)N1CCC[C@H]1c1ncc(-c2ccc(-c3ccc(-c4cnc([C@@H]5CCCN5C(=O)[C@H](C(C)C)N(C)C(=O)O)[nH]4)cc3)cc2)[nH]1. The average molecular weight is 737 g/mol. The van der Waals surface area contributed by atoms with Crippen LogP contribution in [0, 0.1) is 5.92 Å². The van der Waals surface area contributed by atoms with Gasteiger partial charge in [-0.15, -0.1) is 0 Å². The molecule has 0 spiro atoms. The Morgan fingerprint density at radius 3 is 1.57 bits per heavy atom. The van der Waals surface area contributed by atoms with Crippen LogP contribution >= 0.6 is 0 Å². The van der Waals surface area contributed by atoms with E-state index in [4.69, 9.17) is 4.98 Å². The maximum atomic E-state index is 13.6. The predicted molar refractivity (Wildman–Crippen MR) is 210 cm³/mol. The highest BCUT2D eigenvalue weighted by Gasteiger charge is 2.40. The second kappa shape index (κ2) is 17.0. The van der Waals surface area contributed by atoms with Gasteiger partial charge < -0.3 is 24.9 Å². The third-order valence-corrected chi connectivity index (χ3v) is 11.1. The van der Waals surface area contributed by atoms with Crippen LogP contribution < -0.4 is 0 Å². The van der Waals surface area contributed by atoms with E-state index in [-0.39, 0.29) is 35.9 Å². The molecule has 0 unspecified atom stereocenters. The van der Waals surface area contributed by atoms with Crippen LogP contribution in [0.1, 0.15) is 96.9 Å². The number of carbonyl (C=O) groups is 3. The summed E-state index contributed by atoms with van der Waals surface area (Å²) in [4.78, 5) is 62.6. The van der Waals surface area contributed by atoms with Crippen molar-refractivity contribution in [3.8, 4) is 33.6 Å². The lowest BCUT2D eigenvalue weighted by Crippen LogP contribution is -2.51. The van der Waals surface area contributed by atoms with Crippen LogP contribution in [0.15, 0.2) is 60.9 Å². The Labute approximate surface area is 319 Å². The Kier molecular flexibility index (Phi) is 12.2. The molecule has 0 bridgehead atoms. The number of likely N-dealkylation sites (N-methyl/N-ethyl adjacent to an activating group) is 1. The number of nitrogens with one attached hydrogen (secondary N) is 2. The molecule has 4 heterocycles. The highest BCUT2D eigenvalue weighted by atomic mass is 16.4. The number of H-pyrrole nitrogens is 2. The number of likely N-dealkylation sites (tertiary alicyclic amines) is 2. The van der Waals surface area contributed by atoms with E-state index < -0.39 is 12.1 Å². The second-order valence-electron chi connectivity index (χ2n) is 15.2. The Morgan fingerprint density at radius 2 is 1.17 bits per heavy atom. The third-order valence-electron chi connectivity index (χ3n) is 11.1. The van der Waals surface area contributed by atoms with Gasteiger partial charge in [0.25, 0.3) is 0 Å². The molecule has 12 heteroatoms. The number of rotatable bonds is 14. The summed E-state index contributed by atoms with van der Waals surface area (Å²) in [5.74, 6) is 1.41. The Morgan fingerprint density at radius 1 is 0.741 bits per heavy atom. The first-order valence-electron chi connectivity index (χ1n) is 19.6. The minimum absolute atomic E-state index is 0.0369. The van der Waals surface area contributed by atoms with Gasteiger partial charge in [-0.3, -0.25) is 19.4 Å². The van der Waals surface area contributed by atoms with E-state index in [0.717, 1.165) is 103 Å². The maximum Gasteiger partial charge on any atom is 0.407 e. The van der Waals surface area contributed by atoms with Crippen LogP contribution in [-0.2, 0) is 9.59 Å². The largest absolute Gasteiger partial charge is 0.465 e. The van der Waals surface area contributed by atoms with Gasteiger partial charge in [0, 0.05) is 20.1 Å². The van der Waals surface area contributed by atoms with Gasteiger partial charge in [0.15, 0.2) is 0 Å². The monoisotopic (exact) mass is 736 g/mol. The first-order chi connectivity index (χ1) is 26.0. The molecule has 3 N–H and O–H groups in total. The van der Waals surface area contributed by atoms with Crippen molar-refractivity contribution in [2.75, 3.05) is 33.2 Å². The molecule has 0 saturated carbocycles. The number of benzene rings is 2. The number of amides is 3. The van der Waals surface area contributed by atoms with Crippen molar-refractivity contribution in [1.82, 2.24) is 39.5 Å². The van der Waals surface area contributed by atoms with Crippen molar-refractivity contribution in [2.45, 2.75) is 97.3 Å². The third kappa shape index (κ3) is 8.08. The van der Waals surface area contributed by atoms with Crippen molar-refractivity contribution in [2.24, 2.45) is 5.92 Å². The summed E-state index contributed by atoms with van der Waals surface area (Å²) in [7, 11) is 1.46. The number of nitrogens with zero attached hydrogens (tertiary/aromatic N) is 6. The summed E-state index contributed by atoms with van der Waals surface area (Å²) in [5, 5.41) is 9.58. The van der Waals surface area contributed by atoms with E-state index in [1.165, 1.54) is 7.05 Å². The fourth-order valence-corrected chi connectivity index (χ4v) is 8.28. The molecule has 6 rings (SSSR count). The molecule has 0 radical (unpaired) electrons. The van der Waals surface area contributed by atoms with Gasteiger partial charge in [0.1, 0.15) is 17.7 Å². The molecule has 2 aromatic carbocycles. The molecule has 2 saturated heterocycles. The maximum absolute atomic E-state index is 13.6. The summed E-state index contributed by atoms with van der Waals surface area (Å²) >= 11 is 0. The zero-order chi connectivity index (χ0) is 38.5. The number of aromatic nitrogens is 4. The summed E-state index contributed by atoms with van der Waals surface area (Å²) in [6, 6.07) is 15.6. The molecule has 288 valence electrons. The summed E-state index contributed by atoms with van der Waals surface area (Å²) < 4.78 is 0. The van der Waals surface area contributed by atoms with Gasteiger partial charge in [0.05, 0.1) is 41.9 Å². The molecular weight excluding hydrogens is 681 g/mol. The van der Waals surface area contributed by atoms with Crippen LogP contribution in [0.5, 0.6) is 0 Å². The number of imidazole rings is 2.